The second kappa shape index (κ2) is 5.22. The minimum absolute atomic E-state index is 0.174. The van der Waals surface area contributed by atoms with Crippen LogP contribution in [0.4, 0.5) is 0 Å². The molecule has 0 unspecified atom stereocenters. The van der Waals surface area contributed by atoms with E-state index in [1.165, 1.54) is 12.8 Å². The molecule has 2 N–H and O–H groups in total. The smallest absolute Gasteiger partial charge is 0.352 e. The third-order valence-electron chi connectivity index (χ3n) is 2.84. The van der Waals surface area contributed by atoms with E-state index < -0.39 is 11.5 Å². The van der Waals surface area contributed by atoms with E-state index in [0.717, 1.165) is 16.7 Å². The summed E-state index contributed by atoms with van der Waals surface area (Å²) >= 11 is 0. The van der Waals surface area contributed by atoms with E-state index in [-0.39, 0.29) is 18.0 Å². The Morgan fingerprint density at radius 2 is 2.17 bits per heavy atom. The number of aromatic nitrogens is 1. The first kappa shape index (κ1) is 12.6. The monoisotopic (exact) mass is 253 g/mol. The van der Waals surface area contributed by atoms with E-state index in [1.807, 2.05) is 0 Å². The molecule has 0 aromatic carbocycles. The van der Waals surface area contributed by atoms with Gasteiger partial charge in [0.15, 0.2) is 0 Å². The molecule has 0 aliphatic heterocycles. The number of ether oxygens (including phenoxy) is 1. The highest BCUT2D eigenvalue weighted by Gasteiger charge is 2.21. The van der Waals surface area contributed by atoms with Gasteiger partial charge in [-0.05, 0) is 18.8 Å². The highest BCUT2D eigenvalue weighted by Crippen LogP contribution is 2.28. The average Bonchev–Trinajstić information content (AvgIpc) is 3.09. The fourth-order valence-corrected chi connectivity index (χ4v) is 1.68. The quantitative estimate of drug-likeness (QED) is 0.728. The summed E-state index contributed by atoms with van der Waals surface area (Å²) in [6.07, 6.45) is 2.36. The van der Waals surface area contributed by atoms with Crippen molar-refractivity contribution in [2.24, 2.45) is 5.92 Å². The molecule has 1 aromatic rings. The van der Waals surface area contributed by atoms with Crippen molar-refractivity contribution in [1.29, 1.82) is 0 Å². The van der Waals surface area contributed by atoms with Gasteiger partial charge in [-0.1, -0.05) is 0 Å². The van der Waals surface area contributed by atoms with Crippen LogP contribution in [0, 0.1) is 5.92 Å². The first-order chi connectivity index (χ1) is 8.58. The normalized spacial score (nSPS) is 14.7. The van der Waals surface area contributed by atoms with Crippen LogP contribution < -0.4 is 5.56 Å². The van der Waals surface area contributed by atoms with Gasteiger partial charge in [0.05, 0.1) is 6.61 Å². The first-order valence-electron chi connectivity index (χ1n) is 5.83. The highest BCUT2D eigenvalue weighted by molar-refractivity contribution is 5.86. The number of aromatic carboxylic acids is 1. The van der Waals surface area contributed by atoms with Crippen molar-refractivity contribution < 1.29 is 19.7 Å². The van der Waals surface area contributed by atoms with Crippen molar-refractivity contribution in [2.75, 3.05) is 13.2 Å². The van der Waals surface area contributed by atoms with Gasteiger partial charge in [-0.25, -0.2) is 4.79 Å². The lowest BCUT2D eigenvalue weighted by Crippen LogP contribution is -2.27. The molecule has 0 amide bonds. The molecular weight excluding hydrogens is 238 g/mol. The largest absolute Gasteiger partial charge is 0.508 e. The van der Waals surface area contributed by atoms with E-state index in [9.17, 15) is 14.7 Å². The van der Waals surface area contributed by atoms with Gasteiger partial charge in [-0.2, -0.15) is 0 Å². The van der Waals surface area contributed by atoms with Crippen LogP contribution >= 0.6 is 0 Å². The summed E-state index contributed by atoms with van der Waals surface area (Å²) < 4.78 is 6.46. The molecule has 1 aliphatic carbocycles. The van der Waals surface area contributed by atoms with Crippen molar-refractivity contribution in [3.63, 3.8) is 0 Å². The highest BCUT2D eigenvalue weighted by atomic mass is 16.5. The Morgan fingerprint density at radius 1 is 1.44 bits per heavy atom. The van der Waals surface area contributed by atoms with Crippen LogP contribution in [0.5, 0.6) is 5.75 Å². The zero-order valence-corrected chi connectivity index (χ0v) is 9.83. The molecule has 2 rings (SSSR count). The van der Waals surface area contributed by atoms with E-state index >= 15 is 0 Å². The lowest BCUT2D eigenvalue weighted by Gasteiger charge is -2.10. The molecule has 6 heteroatoms. The average molecular weight is 253 g/mol. The summed E-state index contributed by atoms with van der Waals surface area (Å²) in [5.74, 6) is -0.960. The first-order valence-corrected chi connectivity index (χ1v) is 5.83. The molecule has 1 heterocycles. The number of carboxylic acids is 1. The standard InChI is InChI=1S/C12H15NO5/c14-9-5-10(12(16)17)13(11(15)6-9)3-4-18-7-8-1-2-8/h5-6,8,14H,1-4,7H2,(H,16,17). The van der Waals surface area contributed by atoms with Crippen molar-refractivity contribution >= 4 is 5.97 Å². The Labute approximate surface area is 103 Å². The molecule has 0 saturated heterocycles. The fraction of sp³-hybridized carbons (Fsp3) is 0.500. The van der Waals surface area contributed by atoms with Crippen molar-refractivity contribution in [3.05, 3.63) is 28.2 Å². The number of carboxylic acid groups (broad SMARTS) is 1. The lowest BCUT2D eigenvalue weighted by molar-refractivity contribution is 0.0676. The van der Waals surface area contributed by atoms with Gasteiger partial charge in [0, 0.05) is 25.3 Å². The molecule has 1 fully saturated rings. The number of carbonyl (C=O) groups is 1. The molecule has 1 aliphatic rings. The summed E-state index contributed by atoms with van der Waals surface area (Å²) in [6.45, 7) is 1.13. The fourth-order valence-electron chi connectivity index (χ4n) is 1.68. The summed E-state index contributed by atoms with van der Waals surface area (Å²) in [5.41, 5.74) is -0.766. The Kier molecular flexibility index (Phi) is 3.66. The number of hydrogen-bond acceptors (Lipinski definition) is 4. The zero-order chi connectivity index (χ0) is 13.1. The molecule has 1 aromatic heterocycles. The van der Waals surface area contributed by atoms with Crippen LogP contribution in [0.1, 0.15) is 23.3 Å². The second-order valence-electron chi connectivity index (χ2n) is 4.41. The van der Waals surface area contributed by atoms with Gasteiger partial charge in [-0.15, -0.1) is 0 Å². The van der Waals surface area contributed by atoms with Crippen molar-refractivity contribution in [3.8, 4) is 5.75 Å². The van der Waals surface area contributed by atoms with E-state index in [0.29, 0.717) is 19.1 Å². The molecule has 6 nitrogen and oxygen atoms in total. The summed E-state index contributed by atoms with van der Waals surface area (Å²) in [5, 5.41) is 18.2. The topological polar surface area (TPSA) is 88.8 Å². The molecular formula is C12H15NO5. The van der Waals surface area contributed by atoms with Crippen molar-refractivity contribution in [1.82, 2.24) is 4.57 Å². The van der Waals surface area contributed by atoms with Gasteiger partial charge < -0.3 is 14.9 Å². The van der Waals surface area contributed by atoms with Gasteiger partial charge in [0.2, 0.25) is 0 Å². The Balaban J connectivity index is 2.04. The van der Waals surface area contributed by atoms with Crippen LogP contribution in [-0.4, -0.2) is 34.0 Å². The molecule has 18 heavy (non-hydrogen) atoms. The van der Waals surface area contributed by atoms with Gasteiger partial charge in [0.25, 0.3) is 5.56 Å². The number of rotatable bonds is 6. The van der Waals surface area contributed by atoms with E-state index in [2.05, 4.69) is 0 Å². The minimum atomic E-state index is -1.25. The molecule has 0 bridgehead atoms. The number of nitrogens with zero attached hydrogens (tertiary/aromatic N) is 1. The van der Waals surface area contributed by atoms with Crippen LogP contribution in [0.2, 0.25) is 0 Å². The number of hydrogen-bond donors (Lipinski definition) is 2. The third kappa shape index (κ3) is 3.10. The number of aromatic hydroxyl groups is 1. The Hall–Kier alpha value is -1.82. The summed E-state index contributed by atoms with van der Waals surface area (Å²) in [6, 6.07) is 2.05. The number of pyridine rings is 1. The Morgan fingerprint density at radius 3 is 2.78 bits per heavy atom. The predicted octanol–water partition coefficient (Wildman–Crippen LogP) is 0.679. The maximum atomic E-state index is 11.6. The van der Waals surface area contributed by atoms with Gasteiger partial charge >= 0.3 is 5.97 Å². The third-order valence-corrected chi connectivity index (χ3v) is 2.84. The van der Waals surface area contributed by atoms with Gasteiger partial charge in [-0.3, -0.25) is 9.36 Å². The molecule has 0 radical (unpaired) electrons. The summed E-state index contributed by atoms with van der Waals surface area (Å²) in [7, 11) is 0. The predicted molar refractivity (Wildman–Crippen MR) is 62.9 cm³/mol. The lowest BCUT2D eigenvalue weighted by atomic mass is 10.3. The molecule has 0 spiro atoms. The van der Waals surface area contributed by atoms with Crippen LogP contribution in [0.25, 0.3) is 0 Å². The molecule has 0 atom stereocenters. The molecule has 1 saturated carbocycles. The SMILES string of the molecule is O=C(O)c1cc(O)cc(=O)n1CCOCC1CC1. The van der Waals surface area contributed by atoms with Gasteiger partial charge in [0.1, 0.15) is 11.4 Å². The van der Waals surface area contributed by atoms with Crippen LogP contribution in [-0.2, 0) is 11.3 Å². The van der Waals surface area contributed by atoms with Crippen LogP contribution in [0.15, 0.2) is 16.9 Å². The summed E-state index contributed by atoms with van der Waals surface area (Å²) in [4.78, 5) is 22.6. The second-order valence-corrected chi connectivity index (χ2v) is 4.41. The Bertz CT molecular complexity index is 504. The van der Waals surface area contributed by atoms with Crippen LogP contribution in [0.3, 0.4) is 0 Å². The molecule has 98 valence electrons. The zero-order valence-electron chi connectivity index (χ0n) is 9.83. The maximum Gasteiger partial charge on any atom is 0.352 e. The van der Waals surface area contributed by atoms with E-state index in [1.54, 1.807) is 0 Å². The van der Waals surface area contributed by atoms with E-state index in [4.69, 9.17) is 9.84 Å². The minimum Gasteiger partial charge on any atom is -0.508 e. The maximum absolute atomic E-state index is 11.6. The van der Waals surface area contributed by atoms with Crippen molar-refractivity contribution in [2.45, 2.75) is 19.4 Å².